The zero-order valence-corrected chi connectivity index (χ0v) is 29.6. The van der Waals surface area contributed by atoms with Gasteiger partial charge in [-0.2, -0.15) is 0 Å². The van der Waals surface area contributed by atoms with Crippen LogP contribution in [0, 0.1) is 0 Å². The van der Waals surface area contributed by atoms with Crippen molar-refractivity contribution in [3.8, 4) is 56.4 Å². The van der Waals surface area contributed by atoms with E-state index >= 15 is 0 Å². The number of rotatable bonds is 5. The maximum atomic E-state index is 6.32. The fraction of sp³-hybridized carbons (Fsp3) is 0. The van der Waals surface area contributed by atoms with Crippen LogP contribution in [0.15, 0.2) is 192 Å². The van der Waals surface area contributed by atoms with Gasteiger partial charge in [0.2, 0.25) is 0 Å². The highest BCUT2D eigenvalue weighted by molar-refractivity contribution is 6.15. The molecule has 0 radical (unpaired) electrons. The van der Waals surface area contributed by atoms with Crippen molar-refractivity contribution in [3.05, 3.63) is 188 Å². The standard InChI is InChI=1S/C51H31N3O/c1-3-12-36-28-38(26-22-32(36)10-1)34-20-24-35(25-21-34)49-52-50(40-27-23-33-11-2-4-13-37(33)29-40)54-51(53-49)41-30-39-14-5-6-15-42(39)45(31-41)43-17-9-19-47-48(43)44-16-7-8-18-46(44)55-47/h1-31H. The molecule has 11 rings (SSSR count). The van der Waals surface area contributed by atoms with Gasteiger partial charge in [0.25, 0.3) is 0 Å². The molecule has 0 spiro atoms. The van der Waals surface area contributed by atoms with Crippen LogP contribution in [-0.2, 0) is 0 Å². The predicted molar refractivity (Wildman–Crippen MR) is 227 cm³/mol. The molecule has 0 aliphatic rings. The van der Waals surface area contributed by atoms with Gasteiger partial charge in [-0.25, -0.2) is 15.0 Å². The molecule has 9 aromatic carbocycles. The summed E-state index contributed by atoms with van der Waals surface area (Å²) in [7, 11) is 0. The Morgan fingerprint density at radius 1 is 0.291 bits per heavy atom. The van der Waals surface area contributed by atoms with E-state index in [0.717, 1.165) is 71.5 Å². The van der Waals surface area contributed by atoms with Crippen LogP contribution >= 0.6 is 0 Å². The number of hydrogen-bond acceptors (Lipinski definition) is 4. The molecule has 0 saturated carbocycles. The molecule has 11 aromatic rings. The monoisotopic (exact) mass is 701 g/mol. The molecule has 55 heavy (non-hydrogen) atoms. The van der Waals surface area contributed by atoms with E-state index in [4.69, 9.17) is 19.4 Å². The Balaban J connectivity index is 1.10. The largest absolute Gasteiger partial charge is 0.456 e. The summed E-state index contributed by atoms with van der Waals surface area (Å²) in [5.74, 6) is 1.86. The number of aromatic nitrogens is 3. The lowest BCUT2D eigenvalue weighted by molar-refractivity contribution is 0.669. The van der Waals surface area contributed by atoms with E-state index in [-0.39, 0.29) is 0 Å². The molecular formula is C51H31N3O. The Kier molecular flexibility index (Phi) is 7.14. The van der Waals surface area contributed by atoms with Crippen LogP contribution in [-0.4, -0.2) is 15.0 Å². The molecule has 0 unspecified atom stereocenters. The highest BCUT2D eigenvalue weighted by Gasteiger charge is 2.18. The fourth-order valence-corrected chi connectivity index (χ4v) is 7.93. The van der Waals surface area contributed by atoms with Crippen molar-refractivity contribution in [3.63, 3.8) is 0 Å². The molecule has 4 heteroatoms. The highest BCUT2D eigenvalue weighted by Crippen LogP contribution is 2.41. The Morgan fingerprint density at radius 3 is 1.55 bits per heavy atom. The first kappa shape index (κ1) is 31.1. The lowest BCUT2D eigenvalue weighted by Crippen LogP contribution is -2.00. The minimum Gasteiger partial charge on any atom is -0.456 e. The smallest absolute Gasteiger partial charge is 0.164 e. The lowest BCUT2D eigenvalue weighted by Gasteiger charge is -2.13. The highest BCUT2D eigenvalue weighted by atomic mass is 16.3. The number of fused-ring (bicyclic) bond motifs is 6. The number of furan rings is 1. The third-order valence-electron chi connectivity index (χ3n) is 10.7. The van der Waals surface area contributed by atoms with Gasteiger partial charge in [0.05, 0.1) is 0 Å². The molecule has 0 bridgehead atoms. The number of nitrogens with zero attached hydrogens (tertiary/aromatic N) is 3. The summed E-state index contributed by atoms with van der Waals surface area (Å²) < 4.78 is 6.32. The zero-order valence-electron chi connectivity index (χ0n) is 29.6. The van der Waals surface area contributed by atoms with E-state index in [1.807, 2.05) is 18.2 Å². The molecule has 0 amide bonds. The summed E-state index contributed by atoms with van der Waals surface area (Å²) >= 11 is 0. The average molecular weight is 702 g/mol. The van der Waals surface area contributed by atoms with Crippen molar-refractivity contribution in [1.82, 2.24) is 15.0 Å². The summed E-state index contributed by atoms with van der Waals surface area (Å²) in [6, 6.07) is 65.9. The minimum atomic E-state index is 0.614. The van der Waals surface area contributed by atoms with Gasteiger partial charge in [-0.05, 0) is 91.0 Å². The second-order valence-electron chi connectivity index (χ2n) is 14.0. The Morgan fingerprint density at radius 2 is 0.800 bits per heavy atom. The summed E-state index contributed by atoms with van der Waals surface area (Å²) in [5.41, 5.74) is 9.02. The molecule has 4 nitrogen and oxygen atoms in total. The Bertz CT molecular complexity index is 3270. The minimum absolute atomic E-state index is 0.614. The van der Waals surface area contributed by atoms with Crippen LogP contribution in [0.25, 0.3) is 111 Å². The lowest BCUT2D eigenvalue weighted by atomic mass is 9.92. The molecule has 0 saturated heterocycles. The van der Waals surface area contributed by atoms with Gasteiger partial charge in [0.1, 0.15) is 11.2 Å². The quantitative estimate of drug-likeness (QED) is 0.179. The Labute approximate surface area is 317 Å². The molecule has 2 heterocycles. The second-order valence-corrected chi connectivity index (χ2v) is 14.0. The molecule has 2 aromatic heterocycles. The summed E-state index contributed by atoms with van der Waals surface area (Å²) in [4.78, 5) is 15.5. The average Bonchev–Trinajstić information content (AvgIpc) is 3.65. The second kappa shape index (κ2) is 12.6. The van der Waals surface area contributed by atoms with Crippen LogP contribution in [0.5, 0.6) is 0 Å². The van der Waals surface area contributed by atoms with E-state index in [1.54, 1.807) is 0 Å². The van der Waals surface area contributed by atoms with Crippen LogP contribution in [0.4, 0.5) is 0 Å². The molecule has 0 N–H and O–H groups in total. The van der Waals surface area contributed by atoms with E-state index in [1.165, 1.54) is 21.7 Å². The third kappa shape index (κ3) is 5.43. The van der Waals surface area contributed by atoms with Crippen molar-refractivity contribution >= 4 is 54.3 Å². The van der Waals surface area contributed by atoms with Gasteiger partial charge in [0, 0.05) is 27.5 Å². The van der Waals surface area contributed by atoms with E-state index < -0.39 is 0 Å². The van der Waals surface area contributed by atoms with Crippen LogP contribution < -0.4 is 0 Å². The Hall–Kier alpha value is -7.43. The van der Waals surface area contributed by atoms with E-state index in [2.05, 4.69) is 170 Å². The van der Waals surface area contributed by atoms with Crippen molar-refractivity contribution in [2.45, 2.75) is 0 Å². The van der Waals surface area contributed by atoms with Crippen molar-refractivity contribution in [2.75, 3.05) is 0 Å². The maximum Gasteiger partial charge on any atom is 0.164 e. The first-order valence-electron chi connectivity index (χ1n) is 18.5. The third-order valence-corrected chi connectivity index (χ3v) is 10.7. The summed E-state index contributed by atoms with van der Waals surface area (Å²) in [5, 5.41) is 9.20. The molecule has 0 aliphatic carbocycles. The number of benzene rings is 9. The van der Waals surface area contributed by atoms with Gasteiger partial charge in [-0.3, -0.25) is 0 Å². The molecular weight excluding hydrogens is 671 g/mol. The predicted octanol–water partition coefficient (Wildman–Crippen LogP) is 13.6. The molecule has 0 aliphatic heterocycles. The molecule has 256 valence electrons. The number of hydrogen-bond donors (Lipinski definition) is 0. The normalized spacial score (nSPS) is 11.6. The topological polar surface area (TPSA) is 51.8 Å². The van der Waals surface area contributed by atoms with E-state index in [0.29, 0.717) is 17.5 Å². The zero-order chi connectivity index (χ0) is 36.3. The van der Waals surface area contributed by atoms with E-state index in [9.17, 15) is 0 Å². The first-order valence-corrected chi connectivity index (χ1v) is 18.5. The van der Waals surface area contributed by atoms with Gasteiger partial charge in [-0.1, -0.05) is 152 Å². The van der Waals surface area contributed by atoms with Crippen LogP contribution in [0.3, 0.4) is 0 Å². The SMILES string of the molecule is c1ccc2cc(-c3ccc(-c4nc(-c5ccc6ccccc6c5)nc(-c5cc(-c6cccc7oc8ccccc8c67)c6ccccc6c5)n4)cc3)ccc2c1. The van der Waals surface area contributed by atoms with Gasteiger partial charge in [-0.15, -0.1) is 0 Å². The van der Waals surface area contributed by atoms with Gasteiger partial charge in [0.15, 0.2) is 17.5 Å². The van der Waals surface area contributed by atoms with Crippen molar-refractivity contribution < 1.29 is 4.42 Å². The maximum absolute atomic E-state index is 6.32. The number of para-hydroxylation sites is 1. The van der Waals surface area contributed by atoms with Crippen molar-refractivity contribution in [2.24, 2.45) is 0 Å². The summed E-state index contributed by atoms with van der Waals surface area (Å²) in [6.07, 6.45) is 0. The fourth-order valence-electron chi connectivity index (χ4n) is 7.93. The summed E-state index contributed by atoms with van der Waals surface area (Å²) in [6.45, 7) is 0. The first-order chi connectivity index (χ1) is 27.2. The van der Waals surface area contributed by atoms with Crippen LogP contribution in [0.1, 0.15) is 0 Å². The molecule has 0 fully saturated rings. The van der Waals surface area contributed by atoms with Crippen molar-refractivity contribution in [1.29, 1.82) is 0 Å². The molecule has 0 atom stereocenters. The van der Waals surface area contributed by atoms with Crippen LogP contribution in [0.2, 0.25) is 0 Å². The van der Waals surface area contributed by atoms with Gasteiger partial charge < -0.3 is 4.42 Å². The van der Waals surface area contributed by atoms with Gasteiger partial charge >= 0.3 is 0 Å².